The summed E-state index contributed by atoms with van der Waals surface area (Å²) in [7, 11) is 0. The minimum atomic E-state index is -0.293. The molecule has 0 bridgehead atoms. The van der Waals surface area contributed by atoms with Gasteiger partial charge >= 0.3 is 5.97 Å². The lowest BCUT2D eigenvalue weighted by atomic mass is 9.85. The Labute approximate surface area is 102 Å². The SMILES string of the molecule is CCC(=O)Oc1cc(O)c(C)cc1C(C)(C)C. The van der Waals surface area contributed by atoms with Crippen molar-refractivity contribution in [1.82, 2.24) is 0 Å². The van der Waals surface area contributed by atoms with Crippen LogP contribution < -0.4 is 4.74 Å². The third kappa shape index (κ3) is 3.22. The predicted octanol–water partition coefficient (Wildman–Crippen LogP) is 3.31. The summed E-state index contributed by atoms with van der Waals surface area (Å²) in [4.78, 5) is 11.4. The molecule has 17 heavy (non-hydrogen) atoms. The number of aromatic hydroxyl groups is 1. The quantitative estimate of drug-likeness (QED) is 0.633. The molecule has 0 aliphatic heterocycles. The van der Waals surface area contributed by atoms with E-state index in [1.807, 2.05) is 33.8 Å². The monoisotopic (exact) mass is 236 g/mol. The fraction of sp³-hybridized carbons (Fsp3) is 0.500. The molecule has 0 amide bonds. The zero-order chi connectivity index (χ0) is 13.2. The van der Waals surface area contributed by atoms with Crippen LogP contribution in [0, 0.1) is 6.92 Å². The zero-order valence-electron chi connectivity index (χ0n) is 11.1. The van der Waals surface area contributed by atoms with Crippen molar-refractivity contribution in [3.63, 3.8) is 0 Å². The number of aryl methyl sites for hydroxylation is 1. The van der Waals surface area contributed by atoms with Crippen LogP contribution in [-0.2, 0) is 10.2 Å². The Hall–Kier alpha value is -1.51. The van der Waals surface area contributed by atoms with Gasteiger partial charge in [-0.05, 0) is 24.0 Å². The molecule has 0 spiro atoms. The fourth-order valence-corrected chi connectivity index (χ4v) is 1.54. The van der Waals surface area contributed by atoms with Crippen LogP contribution in [0.15, 0.2) is 12.1 Å². The smallest absolute Gasteiger partial charge is 0.310 e. The van der Waals surface area contributed by atoms with Gasteiger partial charge in [-0.25, -0.2) is 0 Å². The molecule has 94 valence electrons. The fourth-order valence-electron chi connectivity index (χ4n) is 1.54. The maximum absolute atomic E-state index is 11.4. The summed E-state index contributed by atoms with van der Waals surface area (Å²) >= 11 is 0. The summed E-state index contributed by atoms with van der Waals surface area (Å²) in [5.41, 5.74) is 1.57. The zero-order valence-corrected chi connectivity index (χ0v) is 11.1. The molecule has 0 aromatic heterocycles. The summed E-state index contributed by atoms with van der Waals surface area (Å²) < 4.78 is 5.26. The van der Waals surface area contributed by atoms with E-state index >= 15 is 0 Å². The van der Waals surface area contributed by atoms with Gasteiger partial charge in [-0.2, -0.15) is 0 Å². The molecular weight excluding hydrogens is 216 g/mol. The Balaban J connectivity index is 3.26. The number of carbonyl (C=O) groups excluding carboxylic acids is 1. The van der Waals surface area contributed by atoms with E-state index < -0.39 is 0 Å². The Morgan fingerprint density at radius 3 is 2.41 bits per heavy atom. The van der Waals surface area contributed by atoms with Crippen molar-refractivity contribution >= 4 is 5.97 Å². The van der Waals surface area contributed by atoms with Gasteiger partial charge in [0.25, 0.3) is 0 Å². The highest BCUT2D eigenvalue weighted by molar-refractivity contribution is 5.73. The van der Waals surface area contributed by atoms with E-state index in [4.69, 9.17) is 4.74 Å². The number of hydrogen-bond donors (Lipinski definition) is 1. The van der Waals surface area contributed by atoms with Gasteiger partial charge in [0.1, 0.15) is 11.5 Å². The van der Waals surface area contributed by atoms with Crippen molar-refractivity contribution in [1.29, 1.82) is 0 Å². The van der Waals surface area contributed by atoms with E-state index in [0.717, 1.165) is 11.1 Å². The van der Waals surface area contributed by atoms with Crippen molar-refractivity contribution < 1.29 is 14.6 Å². The van der Waals surface area contributed by atoms with E-state index in [0.29, 0.717) is 12.2 Å². The van der Waals surface area contributed by atoms with Crippen LogP contribution in [0.2, 0.25) is 0 Å². The minimum absolute atomic E-state index is 0.137. The first kappa shape index (κ1) is 13.6. The molecule has 3 nitrogen and oxygen atoms in total. The van der Waals surface area contributed by atoms with Crippen molar-refractivity contribution in [3.05, 3.63) is 23.3 Å². The highest BCUT2D eigenvalue weighted by Crippen LogP contribution is 2.36. The Kier molecular flexibility index (Phi) is 3.81. The highest BCUT2D eigenvalue weighted by atomic mass is 16.5. The van der Waals surface area contributed by atoms with Gasteiger partial charge in [-0.15, -0.1) is 0 Å². The molecule has 0 heterocycles. The molecule has 1 N–H and O–H groups in total. The Bertz CT molecular complexity index is 428. The molecule has 1 aromatic carbocycles. The average molecular weight is 236 g/mol. The second-order valence-corrected chi connectivity index (χ2v) is 5.21. The number of ether oxygens (including phenoxy) is 1. The van der Waals surface area contributed by atoms with Crippen LogP contribution in [-0.4, -0.2) is 11.1 Å². The standard InChI is InChI=1S/C14H20O3/c1-6-13(16)17-12-8-11(15)9(2)7-10(12)14(3,4)5/h7-8,15H,6H2,1-5H3. The molecule has 0 saturated heterocycles. The van der Waals surface area contributed by atoms with E-state index in [-0.39, 0.29) is 17.1 Å². The third-order valence-electron chi connectivity index (χ3n) is 2.62. The van der Waals surface area contributed by atoms with Crippen LogP contribution in [0.5, 0.6) is 11.5 Å². The lowest BCUT2D eigenvalue weighted by molar-refractivity contribution is -0.134. The number of phenols is 1. The van der Waals surface area contributed by atoms with Crippen LogP contribution in [0.1, 0.15) is 45.2 Å². The van der Waals surface area contributed by atoms with Crippen LogP contribution in [0.3, 0.4) is 0 Å². The second-order valence-electron chi connectivity index (χ2n) is 5.21. The van der Waals surface area contributed by atoms with Crippen molar-refractivity contribution in [2.24, 2.45) is 0 Å². The van der Waals surface area contributed by atoms with Gasteiger partial charge in [0, 0.05) is 18.1 Å². The first-order chi connectivity index (χ1) is 7.75. The van der Waals surface area contributed by atoms with Crippen molar-refractivity contribution in [3.8, 4) is 11.5 Å². The summed E-state index contributed by atoms with van der Waals surface area (Å²) in [6.45, 7) is 9.70. The van der Waals surface area contributed by atoms with Gasteiger partial charge < -0.3 is 9.84 Å². The highest BCUT2D eigenvalue weighted by Gasteiger charge is 2.21. The largest absolute Gasteiger partial charge is 0.508 e. The average Bonchev–Trinajstić information content (AvgIpc) is 2.21. The number of rotatable bonds is 2. The molecule has 0 fully saturated rings. The summed E-state index contributed by atoms with van der Waals surface area (Å²) in [6, 6.07) is 3.39. The van der Waals surface area contributed by atoms with E-state index in [9.17, 15) is 9.90 Å². The van der Waals surface area contributed by atoms with Crippen LogP contribution >= 0.6 is 0 Å². The first-order valence-electron chi connectivity index (χ1n) is 5.80. The summed E-state index contributed by atoms with van der Waals surface area (Å²) in [5.74, 6) is 0.308. The molecule has 1 aromatic rings. The van der Waals surface area contributed by atoms with Gasteiger partial charge in [0.2, 0.25) is 0 Å². The minimum Gasteiger partial charge on any atom is -0.508 e. The van der Waals surface area contributed by atoms with Crippen LogP contribution in [0.4, 0.5) is 0 Å². The van der Waals surface area contributed by atoms with E-state index in [1.165, 1.54) is 6.07 Å². The maximum atomic E-state index is 11.4. The van der Waals surface area contributed by atoms with E-state index in [2.05, 4.69) is 0 Å². The molecule has 0 radical (unpaired) electrons. The predicted molar refractivity (Wildman–Crippen MR) is 67.5 cm³/mol. The number of phenolic OH excluding ortho intramolecular Hbond substituents is 1. The Morgan fingerprint density at radius 1 is 1.35 bits per heavy atom. The van der Waals surface area contributed by atoms with Crippen molar-refractivity contribution in [2.45, 2.75) is 46.5 Å². The third-order valence-corrected chi connectivity index (χ3v) is 2.62. The lowest BCUT2D eigenvalue weighted by Crippen LogP contribution is -2.16. The van der Waals surface area contributed by atoms with Gasteiger partial charge in [0.15, 0.2) is 0 Å². The molecule has 3 heteroatoms. The van der Waals surface area contributed by atoms with Crippen molar-refractivity contribution in [2.75, 3.05) is 0 Å². The molecule has 0 aliphatic rings. The number of carbonyl (C=O) groups is 1. The second kappa shape index (κ2) is 4.78. The number of hydrogen-bond acceptors (Lipinski definition) is 3. The summed E-state index contributed by atoms with van der Waals surface area (Å²) in [6.07, 6.45) is 0.318. The molecule has 0 aliphatic carbocycles. The molecular formula is C14H20O3. The van der Waals surface area contributed by atoms with E-state index in [1.54, 1.807) is 6.92 Å². The van der Waals surface area contributed by atoms with Gasteiger partial charge in [-0.3, -0.25) is 4.79 Å². The number of esters is 1. The molecule has 0 unspecified atom stereocenters. The van der Waals surface area contributed by atoms with Crippen LogP contribution in [0.25, 0.3) is 0 Å². The molecule has 0 atom stereocenters. The van der Waals surface area contributed by atoms with Gasteiger partial charge in [0.05, 0.1) is 0 Å². The number of benzene rings is 1. The summed E-state index contributed by atoms with van der Waals surface area (Å²) in [5, 5.41) is 9.68. The topological polar surface area (TPSA) is 46.5 Å². The normalized spacial score (nSPS) is 11.4. The lowest BCUT2D eigenvalue weighted by Gasteiger charge is -2.23. The first-order valence-corrected chi connectivity index (χ1v) is 5.80. The molecule has 0 saturated carbocycles. The molecule has 1 rings (SSSR count). The maximum Gasteiger partial charge on any atom is 0.310 e. The van der Waals surface area contributed by atoms with Gasteiger partial charge in [-0.1, -0.05) is 27.7 Å². The Morgan fingerprint density at radius 2 is 1.94 bits per heavy atom.